The summed E-state index contributed by atoms with van der Waals surface area (Å²) >= 11 is 3.06. The van der Waals surface area contributed by atoms with Crippen molar-refractivity contribution in [2.45, 2.75) is 37.6 Å². The Kier molecular flexibility index (Phi) is 6.05. The van der Waals surface area contributed by atoms with Gasteiger partial charge in [0.15, 0.2) is 0 Å². The molecule has 0 spiro atoms. The second kappa shape index (κ2) is 8.46. The fraction of sp³-hybridized carbons (Fsp3) is 0.333. The summed E-state index contributed by atoms with van der Waals surface area (Å²) in [4.78, 5) is 13.6. The van der Waals surface area contributed by atoms with Crippen LogP contribution >= 0.6 is 23.1 Å². The summed E-state index contributed by atoms with van der Waals surface area (Å²) < 4.78 is 1.70. The van der Waals surface area contributed by atoms with Crippen LogP contribution in [0.25, 0.3) is 5.69 Å². The number of hydrogen-bond donors (Lipinski definition) is 1. The van der Waals surface area contributed by atoms with Crippen molar-refractivity contribution in [1.82, 2.24) is 25.5 Å². The zero-order valence-corrected chi connectivity index (χ0v) is 16.6. The summed E-state index contributed by atoms with van der Waals surface area (Å²) in [5, 5.41) is 17.3. The van der Waals surface area contributed by atoms with E-state index in [9.17, 15) is 4.79 Å². The lowest BCUT2D eigenvalue weighted by Crippen LogP contribution is -2.32. The molecule has 1 amide bonds. The Morgan fingerprint density at radius 1 is 1.31 bits per heavy atom. The Morgan fingerprint density at radius 2 is 2.15 bits per heavy atom. The number of hydrogen-bond acceptors (Lipinski definition) is 6. The van der Waals surface area contributed by atoms with Crippen molar-refractivity contribution < 1.29 is 4.79 Å². The predicted octanol–water partition coefficient (Wildman–Crippen LogP) is 3.18. The molecule has 0 aliphatic heterocycles. The fourth-order valence-electron chi connectivity index (χ4n) is 2.49. The molecule has 0 bridgehead atoms. The summed E-state index contributed by atoms with van der Waals surface area (Å²) in [5.74, 6) is -0.0120. The standard InChI is InChI=1S/C18H21N5OS2/c1-12-6-4-8-16(13(12)2)23-18(20-21-22-23)26-14(3)17(24)19-10-9-15-7-5-11-25-15/h4-8,11,14H,9-10H2,1-3H3,(H,19,24)/t14-/m1/s1. The van der Waals surface area contributed by atoms with Crippen LogP contribution in [0.5, 0.6) is 0 Å². The number of benzene rings is 1. The van der Waals surface area contributed by atoms with Crippen molar-refractivity contribution in [2.24, 2.45) is 0 Å². The molecule has 3 aromatic rings. The Balaban J connectivity index is 1.63. The number of carbonyl (C=O) groups excluding carboxylic acids is 1. The Bertz CT molecular complexity index is 876. The lowest BCUT2D eigenvalue weighted by molar-refractivity contribution is -0.120. The molecule has 0 saturated carbocycles. The molecule has 1 N–H and O–H groups in total. The zero-order valence-electron chi connectivity index (χ0n) is 15.0. The van der Waals surface area contributed by atoms with Crippen LogP contribution in [0.1, 0.15) is 22.9 Å². The van der Waals surface area contributed by atoms with Gasteiger partial charge in [0.2, 0.25) is 11.1 Å². The molecular weight excluding hydrogens is 366 g/mol. The predicted molar refractivity (Wildman–Crippen MR) is 105 cm³/mol. The van der Waals surface area contributed by atoms with Crippen molar-refractivity contribution in [3.8, 4) is 5.69 Å². The number of carbonyl (C=O) groups is 1. The molecule has 6 nitrogen and oxygen atoms in total. The van der Waals surface area contributed by atoms with Gasteiger partial charge in [0.1, 0.15) is 0 Å². The van der Waals surface area contributed by atoms with Crippen LogP contribution in [0.2, 0.25) is 0 Å². The van der Waals surface area contributed by atoms with Crippen molar-refractivity contribution in [3.05, 3.63) is 51.7 Å². The summed E-state index contributed by atoms with van der Waals surface area (Å²) in [5.41, 5.74) is 3.23. The van der Waals surface area contributed by atoms with Gasteiger partial charge in [0.25, 0.3) is 0 Å². The summed E-state index contributed by atoms with van der Waals surface area (Å²) in [7, 11) is 0. The van der Waals surface area contributed by atoms with Crippen LogP contribution < -0.4 is 5.32 Å². The maximum atomic E-state index is 12.4. The zero-order chi connectivity index (χ0) is 18.5. The van der Waals surface area contributed by atoms with Crippen LogP contribution in [0.4, 0.5) is 0 Å². The smallest absolute Gasteiger partial charge is 0.233 e. The van der Waals surface area contributed by atoms with Crippen molar-refractivity contribution in [3.63, 3.8) is 0 Å². The second-order valence-electron chi connectivity index (χ2n) is 5.97. The van der Waals surface area contributed by atoms with E-state index in [1.54, 1.807) is 16.0 Å². The minimum absolute atomic E-state index is 0.0120. The van der Waals surface area contributed by atoms with Gasteiger partial charge in [-0.3, -0.25) is 4.79 Å². The van der Waals surface area contributed by atoms with Gasteiger partial charge in [-0.25, -0.2) is 0 Å². The number of aromatic nitrogens is 4. The summed E-state index contributed by atoms with van der Waals surface area (Å²) in [6.45, 7) is 6.60. The quantitative estimate of drug-likeness (QED) is 0.631. The molecule has 0 aliphatic carbocycles. The highest BCUT2D eigenvalue weighted by Crippen LogP contribution is 2.25. The molecule has 26 heavy (non-hydrogen) atoms. The number of aryl methyl sites for hydroxylation is 1. The van der Waals surface area contributed by atoms with E-state index in [2.05, 4.69) is 39.9 Å². The number of tetrazole rings is 1. The molecule has 1 aromatic carbocycles. The molecule has 0 saturated heterocycles. The van der Waals surface area contributed by atoms with Crippen LogP contribution in [0.15, 0.2) is 40.9 Å². The van der Waals surface area contributed by atoms with E-state index >= 15 is 0 Å². The average molecular weight is 388 g/mol. The van der Waals surface area contributed by atoms with Gasteiger partial charge in [0, 0.05) is 11.4 Å². The van der Waals surface area contributed by atoms with Gasteiger partial charge in [-0.15, -0.1) is 16.4 Å². The molecular formula is C18H21N5OS2. The van der Waals surface area contributed by atoms with E-state index < -0.39 is 0 Å². The summed E-state index contributed by atoms with van der Waals surface area (Å²) in [6.07, 6.45) is 0.848. The maximum absolute atomic E-state index is 12.4. The lowest BCUT2D eigenvalue weighted by atomic mass is 10.1. The van der Waals surface area contributed by atoms with E-state index in [0.717, 1.165) is 17.7 Å². The highest BCUT2D eigenvalue weighted by atomic mass is 32.2. The molecule has 1 atom stereocenters. The van der Waals surface area contributed by atoms with Gasteiger partial charge in [-0.05, 0) is 66.3 Å². The lowest BCUT2D eigenvalue weighted by Gasteiger charge is -2.13. The molecule has 0 unspecified atom stereocenters. The third-order valence-electron chi connectivity index (χ3n) is 4.15. The van der Waals surface area contributed by atoms with Crippen molar-refractivity contribution >= 4 is 29.0 Å². The highest BCUT2D eigenvalue weighted by molar-refractivity contribution is 8.00. The van der Waals surface area contributed by atoms with Gasteiger partial charge >= 0.3 is 0 Å². The number of rotatable bonds is 7. The Morgan fingerprint density at radius 3 is 2.92 bits per heavy atom. The van der Waals surface area contributed by atoms with Gasteiger partial charge < -0.3 is 5.32 Å². The van der Waals surface area contributed by atoms with Gasteiger partial charge in [-0.2, -0.15) is 4.68 Å². The number of nitrogens with zero attached hydrogens (tertiary/aromatic N) is 4. The highest BCUT2D eigenvalue weighted by Gasteiger charge is 2.19. The van der Waals surface area contributed by atoms with E-state index in [0.29, 0.717) is 11.7 Å². The van der Waals surface area contributed by atoms with Crippen LogP contribution in [0.3, 0.4) is 0 Å². The molecule has 2 heterocycles. The van der Waals surface area contributed by atoms with E-state index in [4.69, 9.17) is 0 Å². The third-order valence-corrected chi connectivity index (χ3v) is 6.12. The van der Waals surface area contributed by atoms with E-state index in [1.165, 1.54) is 22.2 Å². The van der Waals surface area contributed by atoms with Crippen LogP contribution in [-0.2, 0) is 11.2 Å². The molecule has 0 fully saturated rings. The minimum Gasteiger partial charge on any atom is -0.355 e. The van der Waals surface area contributed by atoms with Crippen LogP contribution in [-0.4, -0.2) is 37.9 Å². The summed E-state index contributed by atoms with van der Waals surface area (Å²) in [6, 6.07) is 10.1. The third kappa shape index (κ3) is 4.31. The first-order valence-corrected chi connectivity index (χ1v) is 10.1. The topological polar surface area (TPSA) is 72.7 Å². The molecule has 2 aromatic heterocycles. The second-order valence-corrected chi connectivity index (χ2v) is 8.31. The van der Waals surface area contributed by atoms with Crippen LogP contribution in [0, 0.1) is 13.8 Å². The Hall–Kier alpha value is -2.19. The maximum Gasteiger partial charge on any atom is 0.233 e. The minimum atomic E-state index is -0.284. The monoisotopic (exact) mass is 387 g/mol. The SMILES string of the molecule is Cc1cccc(-n2nnnc2S[C@H](C)C(=O)NCCc2cccs2)c1C. The first kappa shape index (κ1) is 18.6. The van der Waals surface area contributed by atoms with Gasteiger partial charge in [-0.1, -0.05) is 30.0 Å². The van der Waals surface area contributed by atoms with E-state index in [-0.39, 0.29) is 11.2 Å². The molecule has 0 aliphatic rings. The molecule has 136 valence electrons. The largest absolute Gasteiger partial charge is 0.355 e. The first-order valence-electron chi connectivity index (χ1n) is 8.38. The molecule has 3 rings (SSSR count). The molecule has 8 heteroatoms. The number of thioether (sulfide) groups is 1. The number of nitrogens with one attached hydrogen (secondary N) is 1. The Labute approximate surface area is 161 Å². The number of thiophene rings is 1. The van der Waals surface area contributed by atoms with Gasteiger partial charge in [0.05, 0.1) is 10.9 Å². The van der Waals surface area contributed by atoms with Crippen molar-refractivity contribution in [2.75, 3.05) is 6.54 Å². The number of amides is 1. The molecule has 0 radical (unpaired) electrons. The normalized spacial score (nSPS) is 12.1. The first-order chi connectivity index (χ1) is 12.6. The fourth-order valence-corrected chi connectivity index (χ4v) is 4.02. The van der Waals surface area contributed by atoms with Crippen molar-refractivity contribution in [1.29, 1.82) is 0 Å². The average Bonchev–Trinajstić information content (AvgIpc) is 3.29. The van der Waals surface area contributed by atoms with E-state index in [1.807, 2.05) is 37.4 Å².